The van der Waals surface area contributed by atoms with E-state index in [1.807, 2.05) is 0 Å². The molecule has 1 saturated heterocycles. The van der Waals surface area contributed by atoms with E-state index in [1.165, 1.54) is 45.2 Å². The predicted octanol–water partition coefficient (Wildman–Crippen LogP) is 2.62. The molecule has 3 atom stereocenters. The second kappa shape index (κ2) is 6.49. The van der Waals surface area contributed by atoms with E-state index in [9.17, 15) is 0 Å². The summed E-state index contributed by atoms with van der Waals surface area (Å²) >= 11 is 0. The average molecular weight is 212 g/mol. The van der Waals surface area contributed by atoms with E-state index in [0.717, 1.165) is 0 Å². The zero-order valence-corrected chi connectivity index (χ0v) is 10.7. The molecule has 2 nitrogen and oxygen atoms in total. The molecular weight excluding hydrogens is 184 g/mol. The van der Waals surface area contributed by atoms with Crippen molar-refractivity contribution in [2.75, 3.05) is 13.1 Å². The van der Waals surface area contributed by atoms with Crippen LogP contribution in [0, 0.1) is 5.92 Å². The van der Waals surface area contributed by atoms with Crippen molar-refractivity contribution in [3.05, 3.63) is 0 Å². The fourth-order valence-electron chi connectivity index (χ4n) is 2.53. The first-order valence-electron chi connectivity index (χ1n) is 6.66. The van der Waals surface area contributed by atoms with E-state index < -0.39 is 0 Å². The minimum atomic E-state index is 0.423. The highest BCUT2D eigenvalue weighted by Gasteiger charge is 2.29. The molecule has 1 heterocycles. The summed E-state index contributed by atoms with van der Waals surface area (Å²) < 4.78 is 0. The van der Waals surface area contributed by atoms with Gasteiger partial charge in [0.25, 0.3) is 0 Å². The van der Waals surface area contributed by atoms with Gasteiger partial charge < -0.3 is 10.6 Å². The van der Waals surface area contributed by atoms with Gasteiger partial charge in [-0.25, -0.2) is 0 Å². The lowest BCUT2D eigenvalue weighted by Crippen LogP contribution is -2.51. The molecule has 0 saturated carbocycles. The molecule has 0 amide bonds. The second-order valence-corrected chi connectivity index (χ2v) is 5.15. The molecule has 1 aliphatic rings. The summed E-state index contributed by atoms with van der Waals surface area (Å²) in [5.41, 5.74) is 6.08. The smallest absolute Gasteiger partial charge is 0.0107 e. The van der Waals surface area contributed by atoms with E-state index >= 15 is 0 Å². The minimum absolute atomic E-state index is 0.423. The lowest BCUT2D eigenvalue weighted by atomic mass is 9.87. The van der Waals surface area contributed by atoms with E-state index in [2.05, 4.69) is 25.7 Å². The van der Waals surface area contributed by atoms with Gasteiger partial charge in [0, 0.05) is 12.1 Å². The number of rotatable bonds is 5. The van der Waals surface area contributed by atoms with E-state index in [1.54, 1.807) is 0 Å². The third kappa shape index (κ3) is 3.76. The largest absolute Gasteiger partial charge is 0.327 e. The Hall–Kier alpha value is -0.0800. The molecule has 3 unspecified atom stereocenters. The summed E-state index contributed by atoms with van der Waals surface area (Å²) in [6, 6.07) is 1.10. The standard InChI is InChI=1S/C13H28N2/c1-4-5-6-7-9-15-10-8-13(14)11(2)12(15)3/h11-13H,4-10,14H2,1-3H3. The minimum Gasteiger partial charge on any atom is -0.327 e. The van der Waals surface area contributed by atoms with Crippen LogP contribution in [0.4, 0.5) is 0 Å². The van der Waals surface area contributed by atoms with Crippen molar-refractivity contribution < 1.29 is 0 Å². The number of likely N-dealkylation sites (tertiary alicyclic amines) is 1. The quantitative estimate of drug-likeness (QED) is 0.710. The summed E-state index contributed by atoms with van der Waals surface area (Å²) in [5.74, 6) is 0.657. The maximum absolute atomic E-state index is 6.08. The van der Waals surface area contributed by atoms with Crippen molar-refractivity contribution in [1.82, 2.24) is 4.90 Å². The maximum atomic E-state index is 6.08. The number of nitrogens with two attached hydrogens (primary N) is 1. The Morgan fingerprint density at radius 1 is 1.20 bits per heavy atom. The molecule has 2 N–H and O–H groups in total. The molecule has 15 heavy (non-hydrogen) atoms. The fraction of sp³-hybridized carbons (Fsp3) is 1.00. The van der Waals surface area contributed by atoms with Crippen molar-refractivity contribution in [1.29, 1.82) is 0 Å². The van der Waals surface area contributed by atoms with Crippen molar-refractivity contribution in [2.45, 2.75) is 65.0 Å². The number of nitrogens with zero attached hydrogens (tertiary/aromatic N) is 1. The van der Waals surface area contributed by atoms with Gasteiger partial charge in [-0.1, -0.05) is 33.1 Å². The maximum Gasteiger partial charge on any atom is 0.0107 e. The van der Waals surface area contributed by atoms with Crippen molar-refractivity contribution in [2.24, 2.45) is 11.7 Å². The molecule has 0 aromatic rings. The van der Waals surface area contributed by atoms with Gasteiger partial charge in [-0.15, -0.1) is 0 Å². The third-order valence-corrected chi connectivity index (χ3v) is 4.06. The predicted molar refractivity (Wildman–Crippen MR) is 66.9 cm³/mol. The van der Waals surface area contributed by atoms with Gasteiger partial charge in [-0.3, -0.25) is 0 Å². The first-order valence-corrected chi connectivity index (χ1v) is 6.66. The molecule has 1 fully saturated rings. The van der Waals surface area contributed by atoms with Gasteiger partial charge in [0.2, 0.25) is 0 Å². The van der Waals surface area contributed by atoms with Crippen LogP contribution in [0.25, 0.3) is 0 Å². The monoisotopic (exact) mass is 212 g/mol. The first kappa shape index (κ1) is 13.0. The van der Waals surface area contributed by atoms with Crippen LogP contribution in [0.15, 0.2) is 0 Å². The van der Waals surface area contributed by atoms with Crippen LogP contribution in [0.2, 0.25) is 0 Å². The Morgan fingerprint density at radius 3 is 2.60 bits per heavy atom. The molecule has 0 aromatic carbocycles. The lowest BCUT2D eigenvalue weighted by molar-refractivity contribution is 0.0961. The highest BCUT2D eigenvalue weighted by Crippen LogP contribution is 2.22. The molecule has 2 heteroatoms. The van der Waals surface area contributed by atoms with Crippen LogP contribution in [0.1, 0.15) is 52.9 Å². The third-order valence-electron chi connectivity index (χ3n) is 4.06. The molecular formula is C13H28N2. The zero-order valence-electron chi connectivity index (χ0n) is 10.7. The van der Waals surface area contributed by atoms with E-state index in [4.69, 9.17) is 5.73 Å². The highest BCUT2D eigenvalue weighted by molar-refractivity contribution is 4.86. The molecule has 0 bridgehead atoms. The summed E-state index contributed by atoms with van der Waals surface area (Å²) in [6.45, 7) is 9.39. The molecule has 0 radical (unpaired) electrons. The average Bonchev–Trinajstić information content (AvgIpc) is 2.24. The van der Waals surface area contributed by atoms with Gasteiger partial charge in [0.15, 0.2) is 0 Å². The van der Waals surface area contributed by atoms with Gasteiger partial charge >= 0.3 is 0 Å². The van der Waals surface area contributed by atoms with Gasteiger partial charge in [0.1, 0.15) is 0 Å². The number of hydrogen-bond acceptors (Lipinski definition) is 2. The first-order chi connectivity index (χ1) is 7.16. The zero-order chi connectivity index (χ0) is 11.3. The van der Waals surface area contributed by atoms with Crippen molar-refractivity contribution in [3.8, 4) is 0 Å². The van der Waals surface area contributed by atoms with E-state index in [0.29, 0.717) is 18.0 Å². The number of piperidine rings is 1. The molecule has 1 rings (SSSR count). The molecule has 0 aromatic heterocycles. The van der Waals surface area contributed by atoms with Gasteiger partial charge in [-0.2, -0.15) is 0 Å². The molecule has 90 valence electrons. The van der Waals surface area contributed by atoms with Gasteiger partial charge in [0.05, 0.1) is 0 Å². The Morgan fingerprint density at radius 2 is 1.93 bits per heavy atom. The Kier molecular flexibility index (Phi) is 5.62. The summed E-state index contributed by atoms with van der Waals surface area (Å²) in [7, 11) is 0. The van der Waals surface area contributed by atoms with Crippen molar-refractivity contribution >= 4 is 0 Å². The lowest BCUT2D eigenvalue weighted by Gasteiger charge is -2.41. The Labute approximate surface area is 95.2 Å². The fourth-order valence-corrected chi connectivity index (χ4v) is 2.53. The Bertz CT molecular complexity index is 170. The summed E-state index contributed by atoms with van der Waals surface area (Å²) in [5, 5.41) is 0. The second-order valence-electron chi connectivity index (χ2n) is 5.15. The summed E-state index contributed by atoms with van der Waals surface area (Å²) in [4.78, 5) is 2.63. The van der Waals surface area contributed by atoms with E-state index in [-0.39, 0.29) is 0 Å². The molecule has 0 aliphatic carbocycles. The molecule has 1 aliphatic heterocycles. The number of unbranched alkanes of at least 4 members (excludes halogenated alkanes) is 3. The van der Waals surface area contributed by atoms with Crippen LogP contribution in [-0.2, 0) is 0 Å². The van der Waals surface area contributed by atoms with Gasteiger partial charge in [-0.05, 0) is 38.8 Å². The topological polar surface area (TPSA) is 29.3 Å². The SMILES string of the molecule is CCCCCCN1CCC(N)C(C)C1C. The summed E-state index contributed by atoms with van der Waals surface area (Å²) in [6.07, 6.45) is 6.65. The Balaban J connectivity index is 2.23. The normalized spacial score (nSPS) is 33.2. The van der Waals surface area contributed by atoms with Crippen LogP contribution in [0.3, 0.4) is 0 Å². The highest BCUT2D eigenvalue weighted by atomic mass is 15.2. The van der Waals surface area contributed by atoms with Crippen LogP contribution in [0.5, 0.6) is 0 Å². The van der Waals surface area contributed by atoms with Crippen molar-refractivity contribution in [3.63, 3.8) is 0 Å². The number of hydrogen-bond donors (Lipinski definition) is 1. The van der Waals surface area contributed by atoms with Crippen LogP contribution >= 0.6 is 0 Å². The van der Waals surface area contributed by atoms with Crippen LogP contribution in [-0.4, -0.2) is 30.1 Å². The van der Waals surface area contributed by atoms with Crippen LogP contribution < -0.4 is 5.73 Å². The molecule has 0 spiro atoms.